The van der Waals surface area contributed by atoms with E-state index >= 15 is 0 Å². The van der Waals surface area contributed by atoms with Crippen molar-refractivity contribution in [3.05, 3.63) is 59.7 Å². The lowest BCUT2D eigenvalue weighted by atomic mass is 10.2. The Morgan fingerprint density at radius 3 is 2.56 bits per heavy atom. The summed E-state index contributed by atoms with van der Waals surface area (Å²) in [5, 5.41) is 8.86. The molecule has 0 spiro atoms. The Labute approximate surface area is 162 Å². The number of amides is 1. The number of carbonyl (C=O) groups excluding carboxylic acids is 1. The maximum atomic E-state index is 12.5. The predicted molar refractivity (Wildman–Crippen MR) is 109 cm³/mol. The van der Waals surface area contributed by atoms with E-state index in [1.54, 1.807) is 25.3 Å². The van der Waals surface area contributed by atoms with Crippen molar-refractivity contribution in [3.8, 4) is 11.5 Å². The molecule has 0 saturated carbocycles. The highest BCUT2D eigenvalue weighted by atomic mass is 32.2. The molecule has 1 fully saturated rings. The lowest BCUT2D eigenvalue weighted by molar-refractivity contribution is -0.126. The lowest BCUT2D eigenvalue weighted by Gasteiger charge is -2.15. The minimum Gasteiger partial charge on any atom is -0.497 e. The van der Waals surface area contributed by atoms with Crippen LogP contribution in [-0.2, 0) is 11.3 Å². The van der Waals surface area contributed by atoms with Crippen molar-refractivity contribution >= 4 is 29.1 Å². The fourth-order valence-electron chi connectivity index (χ4n) is 2.64. The van der Waals surface area contributed by atoms with Gasteiger partial charge in [-0.3, -0.25) is 9.69 Å². The molecule has 1 atom stereocenters. The van der Waals surface area contributed by atoms with E-state index in [-0.39, 0.29) is 11.2 Å². The van der Waals surface area contributed by atoms with Gasteiger partial charge in [0, 0.05) is 5.56 Å². The first kappa shape index (κ1) is 19.0. The summed E-state index contributed by atoms with van der Waals surface area (Å²) >= 11 is 1.41. The van der Waals surface area contributed by atoms with E-state index in [0.717, 1.165) is 22.6 Å². The zero-order valence-electron chi connectivity index (χ0n) is 15.5. The number of nitrogens with zero attached hydrogens (tertiary/aromatic N) is 3. The second kappa shape index (κ2) is 8.73. The summed E-state index contributed by atoms with van der Waals surface area (Å²) in [6.45, 7) is 2.32. The third-order valence-corrected chi connectivity index (χ3v) is 5.17. The van der Waals surface area contributed by atoms with Crippen LogP contribution in [0.5, 0.6) is 11.5 Å². The van der Waals surface area contributed by atoms with Crippen molar-refractivity contribution in [1.29, 1.82) is 0 Å². The zero-order chi connectivity index (χ0) is 19.2. The number of benzene rings is 2. The second-order valence-electron chi connectivity index (χ2n) is 5.90. The Morgan fingerprint density at radius 2 is 1.85 bits per heavy atom. The van der Waals surface area contributed by atoms with Gasteiger partial charge in [0.1, 0.15) is 11.5 Å². The van der Waals surface area contributed by atoms with Gasteiger partial charge < -0.3 is 9.47 Å². The number of hydrogen-bond donors (Lipinski definition) is 0. The van der Waals surface area contributed by atoms with Gasteiger partial charge in [-0.15, -0.1) is 5.10 Å². The van der Waals surface area contributed by atoms with Gasteiger partial charge in [0.25, 0.3) is 0 Å². The molecule has 3 rings (SSSR count). The number of rotatable bonds is 6. The summed E-state index contributed by atoms with van der Waals surface area (Å²) in [6.07, 6.45) is 1.63. The van der Waals surface area contributed by atoms with Crippen molar-refractivity contribution in [2.24, 2.45) is 10.2 Å². The van der Waals surface area contributed by atoms with Crippen molar-refractivity contribution in [3.63, 3.8) is 0 Å². The molecule has 6 nitrogen and oxygen atoms in total. The monoisotopic (exact) mass is 383 g/mol. The van der Waals surface area contributed by atoms with Crippen LogP contribution >= 0.6 is 11.8 Å². The molecule has 140 valence electrons. The van der Waals surface area contributed by atoms with Crippen LogP contribution < -0.4 is 9.47 Å². The van der Waals surface area contributed by atoms with Crippen molar-refractivity contribution in [1.82, 2.24) is 4.90 Å². The minimum atomic E-state index is -0.177. The fourth-order valence-corrected chi connectivity index (χ4v) is 3.56. The Bertz CT molecular complexity index is 865. The van der Waals surface area contributed by atoms with Crippen molar-refractivity contribution < 1.29 is 14.3 Å². The Morgan fingerprint density at radius 1 is 1.11 bits per heavy atom. The fraction of sp³-hybridized carbons (Fsp3) is 0.250. The van der Waals surface area contributed by atoms with E-state index in [0.29, 0.717) is 11.7 Å². The van der Waals surface area contributed by atoms with Crippen LogP contribution in [0.15, 0.2) is 58.7 Å². The molecule has 1 unspecified atom stereocenters. The number of hydrogen-bond acceptors (Lipinski definition) is 6. The maximum absolute atomic E-state index is 12.5. The summed E-state index contributed by atoms with van der Waals surface area (Å²) in [7, 11) is 3.24. The van der Waals surface area contributed by atoms with Crippen molar-refractivity contribution in [2.45, 2.75) is 18.7 Å². The first-order chi connectivity index (χ1) is 13.1. The minimum absolute atomic E-state index is 0.0297. The van der Waals surface area contributed by atoms with Gasteiger partial charge in [-0.1, -0.05) is 36.0 Å². The van der Waals surface area contributed by atoms with Gasteiger partial charge in [0.05, 0.1) is 32.2 Å². The Hall–Kier alpha value is -2.80. The molecule has 0 aliphatic carbocycles. The molecule has 0 bridgehead atoms. The van der Waals surface area contributed by atoms with Crippen molar-refractivity contribution in [2.75, 3.05) is 14.2 Å². The van der Waals surface area contributed by atoms with E-state index in [9.17, 15) is 4.79 Å². The first-order valence-electron chi connectivity index (χ1n) is 8.47. The number of ether oxygens (including phenoxy) is 2. The molecule has 7 heteroatoms. The number of thioether (sulfide) groups is 1. The SMILES string of the molecule is COc1ccc(CN2C(=O)C(C)SC2=NN=Cc2ccccc2OC)cc1. The molecule has 0 aromatic heterocycles. The van der Waals surface area contributed by atoms with Gasteiger partial charge in [-0.2, -0.15) is 5.10 Å². The third-order valence-electron chi connectivity index (χ3n) is 4.11. The van der Waals surface area contributed by atoms with Crippen LogP contribution in [0.4, 0.5) is 0 Å². The molecular weight excluding hydrogens is 362 g/mol. The average Bonchev–Trinajstić information content (AvgIpc) is 2.96. The average molecular weight is 383 g/mol. The lowest BCUT2D eigenvalue weighted by Crippen LogP contribution is -2.30. The van der Waals surface area contributed by atoms with Gasteiger partial charge in [-0.05, 0) is 36.8 Å². The molecule has 2 aromatic rings. The molecule has 27 heavy (non-hydrogen) atoms. The van der Waals surface area contributed by atoms with Gasteiger partial charge in [0.15, 0.2) is 5.17 Å². The number of carbonyl (C=O) groups is 1. The number of para-hydroxylation sites is 1. The largest absolute Gasteiger partial charge is 0.497 e. The first-order valence-corrected chi connectivity index (χ1v) is 9.35. The quantitative estimate of drug-likeness (QED) is 0.565. The van der Waals surface area contributed by atoms with Crippen LogP contribution in [0.1, 0.15) is 18.1 Å². The molecule has 1 aliphatic rings. The summed E-state index contributed by atoms with van der Waals surface area (Å²) in [5.74, 6) is 1.53. The van der Waals surface area contributed by atoms with Gasteiger partial charge >= 0.3 is 0 Å². The Kier molecular flexibility index (Phi) is 6.13. The van der Waals surface area contributed by atoms with E-state index in [1.165, 1.54) is 11.8 Å². The summed E-state index contributed by atoms with van der Waals surface area (Å²) in [4.78, 5) is 14.2. The van der Waals surface area contributed by atoms with Gasteiger partial charge in [0.2, 0.25) is 5.91 Å². The van der Waals surface area contributed by atoms with Gasteiger partial charge in [-0.25, -0.2) is 0 Å². The maximum Gasteiger partial charge on any atom is 0.242 e. The molecule has 1 saturated heterocycles. The summed E-state index contributed by atoms with van der Waals surface area (Å²) < 4.78 is 10.5. The van der Waals surface area contributed by atoms with E-state index < -0.39 is 0 Å². The topological polar surface area (TPSA) is 63.5 Å². The van der Waals surface area contributed by atoms with Crippen LogP contribution in [0.3, 0.4) is 0 Å². The predicted octanol–water partition coefficient (Wildman–Crippen LogP) is 3.56. The molecule has 0 N–H and O–H groups in total. The number of methoxy groups -OCH3 is 2. The second-order valence-corrected chi connectivity index (χ2v) is 7.21. The molecule has 0 radical (unpaired) electrons. The molecule has 1 heterocycles. The molecule has 1 amide bonds. The molecular formula is C20H21N3O3S. The highest BCUT2D eigenvalue weighted by Gasteiger charge is 2.35. The molecule has 1 aliphatic heterocycles. The normalized spacial score (nSPS) is 18.5. The van der Waals surface area contributed by atoms with E-state index in [1.807, 2.05) is 55.5 Å². The summed E-state index contributed by atoms with van der Waals surface area (Å²) in [6, 6.07) is 15.2. The highest BCUT2D eigenvalue weighted by Crippen LogP contribution is 2.29. The summed E-state index contributed by atoms with van der Waals surface area (Å²) in [5.41, 5.74) is 1.83. The zero-order valence-corrected chi connectivity index (χ0v) is 16.3. The standard InChI is InChI=1S/C20H21N3O3S/c1-14-19(24)23(13-15-8-10-17(25-2)11-9-15)20(27-14)22-21-12-16-6-4-5-7-18(16)26-3/h4-12,14H,13H2,1-3H3. The number of amidine groups is 1. The highest BCUT2D eigenvalue weighted by molar-refractivity contribution is 8.15. The van der Waals surface area contributed by atoms with Crippen LogP contribution in [0, 0.1) is 0 Å². The Balaban J connectivity index is 1.78. The van der Waals surface area contributed by atoms with E-state index in [2.05, 4.69) is 10.2 Å². The third kappa shape index (κ3) is 4.49. The van der Waals surface area contributed by atoms with E-state index in [4.69, 9.17) is 9.47 Å². The van der Waals surface area contributed by atoms with Crippen LogP contribution in [-0.4, -0.2) is 41.7 Å². The molecule has 2 aromatic carbocycles. The smallest absolute Gasteiger partial charge is 0.242 e. The van der Waals surface area contributed by atoms with Crippen LogP contribution in [0.25, 0.3) is 0 Å². The van der Waals surface area contributed by atoms with Crippen LogP contribution in [0.2, 0.25) is 0 Å².